The summed E-state index contributed by atoms with van der Waals surface area (Å²) in [5.41, 5.74) is 2.87. The van der Waals surface area contributed by atoms with Crippen LogP contribution in [0.1, 0.15) is 5.56 Å². The van der Waals surface area contributed by atoms with E-state index in [0.717, 1.165) is 23.0 Å². The number of fused-ring (bicyclic) bond motifs is 1. The molecule has 6 nitrogen and oxygen atoms in total. The van der Waals surface area contributed by atoms with Crippen molar-refractivity contribution < 1.29 is 9.59 Å². The van der Waals surface area contributed by atoms with E-state index >= 15 is 0 Å². The maximum atomic E-state index is 11.7. The molecule has 0 atom stereocenters. The second kappa shape index (κ2) is 5.77. The molecule has 0 spiro atoms. The summed E-state index contributed by atoms with van der Waals surface area (Å²) in [5, 5.41) is 6.69. The Bertz CT molecular complexity index is 1030. The summed E-state index contributed by atoms with van der Waals surface area (Å²) in [5.74, 6) is -0.407. The first-order valence-corrected chi connectivity index (χ1v) is 8.15. The number of amides is 2. The second-order valence-corrected chi connectivity index (χ2v) is 6.49. The minimum Gasteiger partial charge on any atom is -0.282 e. The minimum absolute atomic E-state index is 0.324. The van der Waals surface area contributed by atoms with E-state index in [4.69, 9.17) is 11.6 Å². The van der Waals surface area contributed by atoms with E-state index in [9.17, 15) is 9.59 Å². The molecule has 0 unspecified atom stereocenters. The molecule has 4 rings (SSSR count). The Morgan fingerprint density at radius 2 is 2.12 bits per heavy atom. The second-order valence-electron chi connectivity index (χ2n) is 5.04. The van der Waals surface area contributed by atoms with Crippen molar-refractivity contribution in [3.8, 4) is 11.3 Å². The van der Waals surface area contributed by atoms with Crippen LogP contribution in [-0.2, 0) is 4.79 Å². The van der Waals surface area contributed by atoms with E-state index in [2.05, 4.69) is 15.4 Å². The third-order valence-electron chi connectivity index (χ3n) is 3.45. The van der Waals surface area contributed by atoms with Gasteiger partial charge in [0.25, 0.3) is 11.1 Å². The van der Waals surface area contributed by atoms with Gasteiger partial charge in [0.05, 0.1) is 16.8 Å². The lowest BCUT2D eigenvalue weighted by Crippen LogP contribution is -2.17. The number of imide groups is 1. The zero-order valence-corrected chi connectivity index (χ0v) is 13.6. The number of rotatable bonds is 2. The van der Waals surface area contributed by atoms with Gasteiger partial charge in [-0.3, -0.25) is 14.9 Å². The summed E-state index contributed by atoms with van der Waals surface area (Å²) in [6, 6.07) is 9.23. The van der Waals surface area contributed by atoms with Gasteiger partial charge in [0.2, 0.25) is 0 Å². The number of nitrogens with one attached hydrogen (secondary N) is 1. The van der Waals surface area contributed by atoms with Crippen molar-refractivity contribution >= 4 is 46.2 Å². The topological polar surface area (TPSA) is 76.4 Å². The number of halogens is 1. The van der Waals surface area contributed by atoms with Gasteiger partial charge in [0, 0.05) is 22.3 Å². The summed E-state index contributed by atoms with van der Waals surface area (Å²) in [4.78, 5) is 27.9. The van der Waals surface area contributed by atoms with E-state index < -0.39 is 5.91 Å². The molecule has 24 heavy (non-hydrogen) atoms. The fourth-order valence-electron chi connectivity index (χ4n) is 2.36. The molecule has 1 fully saturated rings. The van der Waals surface area contributed by atoms with Crippen molar-refractivity contribution in [2.45, 2.75) is 0 Å². The smallest absolute Gasteiger partial charge is 0.282 e. The first-order chi connectivity index (χ1) is 11.6. The van der Waals surface area contributed by atoms with Gasteiger partial charge in [-0.1, -0.05) is 23.7 Å². The maximum Gasteiger partial charge on any atom is 0.290 e. The van der Waals surface area contributed by atoms with Crippen molar-refractivity contribution in [1.82, 2.24) is 19.9 Å². The standard InChI is InChI=1S/C16H9ClN4O2S/c17-11-3-1-2-9(6-11)12-4-5-21-14(19-12)10(8-18-21)7-13-15(22)20-16(23)24-13/h1-8H,(H,20,22,23)/b13-7+. The van der Waals surface area contributed by atoms with E-state index in [1.807, 2.05) is 24.3 Å². The van der Waals surface area contributed by atoms with Crippen LogP contribution in [0.15, 0.2) is 47.6 Å². The molecule has 1 aliphatic heterocycles. The minimum atomic E-state index is -0.407. The zero-order valence-electron chi connectivity index (χ0n) is 12.1. The Labute approximate surface area is 145 Å². The molecule has 1 saturated heterocycles. The number of benzene rings is 1. The molecule has 8 heteroatoms. The van der Waals surface area contributed by atoms with Crippen molar-refractivity contribution in [1.29, 1.82) is 0 Å². The number of aromatic nitrogens is 3. The fourth-order valence-corrected chi connectivity index (χ4v) is 3.22. The molecular weight excluding hydrogens is 348 g/mol. The van der Waals surface area contributed by atoms with Crippen LogP contribution in [0.3, 0.4) is 0 Å². The number of carbonyl (C=O) groups is 2. The summed E-state index contributed by atoms with van der Waals surface area (Å²) in [6.07, 6.45) is 5.00. The average molecular weight is 357 g/mol. The number of hydrogen-bond donors (Lipinski definition) is 1. The third-order valence-corrected chi connectivity index (χ3v) is 4.49. The first kappa shape index (κ1) is 14.9. The van der Waals surface area contributed by atoms with E-state index in [0.29, 0.717) is 21.1 Å². The van der Waals surface area contributed by atoms with E-state index in [-0.39, 0.29) is 5.24 Å². The molecule has 2 amide bonds. The van der Waals surface area contributed by atoms with Crippen LogP contribution in [0.25, 0.3) is 23.0 Å². The van der Waals surface area contributed by atoms with E-state index in [1.165, 1.54) is 0 Å². The van der Waals surface area contributed by atoms with Gasteiger partial charge in [0.1, 0.15) is 0 Å². The molecule has 3 heterocycles. The lowest BCUT2D eigenvalue weighted by atomic mass is 10.1. The van der Waals surface area contributed by atoms with Crippen molar-refractivity contribution in [3.05, 3.63) is 58.2 Å². The lowest BCUT2D eigenvalue weighted by Gasteiger charge is -2.02. The van der Waals surface area contributed by atoms with E-state index in [1.54, 1.807) is 29.1 Å². The van der Waals surface area contributed by atoms with Crippen LogP contribution in [0.4, 0.5) is 4.79 Å². The van der Waals surface area contributed by atoms with Crippen LogP contribution < -0.4 is 5.32 Å². The summed E-state index contributed by atoms with van der Waals surface area (Å²) >= 11 is 6.89. The van der Waals surface area contributed by atoms with Gasteiger partial charge in [-0.25, -0.2) is 9.50 Å². The number of carbonyl (C=O) groups excluding carboxylic acids is 2. The van der Waals surface area contributed by atoms with Crippen LogP contribution in [0.5, 0.6) is 0 Å². The Balaban J connectivity index is 1.81. The molecule has 1 N–H and O–H groups in total. The fraction of sp³-hybridized carbons (Fsp3) is 0. The summed E-state index contributed by atoms with van der Waals surface area (Å²) in [7, 11) is 0. The highest BCUT2D eigenvalue weighted by Crippen LogP contribution is 2.27. The van der Waals surface area contributed by atoms with Crippen LogP contribution in [0, 0.1) is 0 Å². The zero-order chi connectivity index (χ0) is 16.7. The van der Waals surface area contributed by atoms with Gasteiger partial charge in [-0.15, -0.1) is 0 Å². The maximum absolute atomic E-state index is 11.7. The average Bonchev–Trinajstić information content (AvgIpc) is 3.10. The van der Waals surface area contributed by atoms with Gasteiger partial charge in [0.15, 0.2) is 5.65 Å². The Kier molecular flexibility index (Phi) is 3.59. The monoisotopic (exact) mass is 356 g/mol. The highest BCUT2D eigenvalue weighted by Gasteiger charge is 2.25. The molecule has 118 valence electrons. The number of nitrogens with zero attached hydrogens (tertiary/aromatic N) is 3. The van der Waals surface area contributed by atoms with Gasteiger partial charge in [-0.2, -0.15) is 5.10 Å². The van der Waals surface area contributed by atoms with Gasteiger partial charge >= 0.3 is 0 Å². The van der Waals surface area contributed by atoms with Crippen molar-refractivity contribution in [3.63, 3.8) is 0 Å². The highest BCUT2D eigenvalue weighted by molar-refractivity contribution is 8.18. The molecule has 0 bridgehead atoms. The molecule has 0 radical (unpaired) electrons. The van der Waals surface area contributed by atoms with Crippen molar-refractivity contribution in [2.75, 3.05) is 0 Å². The van der Waals surface area contributed by atoms with Crippen LogP contribution in [-0.4, -0.2) is 25.7 Å². The molecule has 1 aromatic carbocycles. The quantitative estimate of drug-likeness (QED) is 0.712. The molecule has 1 aliphatic rings. The highest BCUT2D eigenvalue weighted by atomic mass is 35.5. The van der Waals surface area contributed by atoms with Crippen LogP contribution in [0.2, 0.25) is 5.02 Å². The Morgan fingerprint density at radius 1 is 1.25 bits per heavy atom. The summed E-state index contributed by atoms with van der Waals surface area (Å²) in [6.45, 7) is 0. The largest absolute Gasteiger partial charge is 0.290 e. The van der Waals surface area contributed by atoms with Crippen LogP contribution >= 0.6 is 23.4 Å². The number of thioether (sulfide) groups is 1. The predicted molar refractivity (Wildman–Crippen MR) is 92.5 cm³/mol. The normalized spacial score (nSPS) is 16.1. The number of hydrogen-bond acceptors (Lipinski definition) is 5. The SMILES string of the molecule is O=C1NC(=O)/C(=C\c2cnn3ccc(-c4cccc(Cl)c4)nc23)S1. The Hall–Kier alpha value is -2.64. The molecule has 3 aromatic rings. The lowest BCUT2D eigenvalue weighted by molar-refractivity contribution is -0.115. The molecule has 0 saturated carbocycles. The van der Waals surface area contributed by atoms with Gasteiger partial charge in [-0.05, 0) is 36.0 Å². The molecular formula is C16H9ClN4O2S. The van der Waals surface area contributed by atoms with Crippen molar-refractivity contribution in [2.24, 2.45) is 0 Å². The Morgan fingerprint density at radius 3 is 2.88 bits per heavy atom. The predicted octanol–water partition coefficient (Wildman–Crippen LogP) is 3.37. The first-order valence-electron chi connectivity index (χ1n) is 6.95. The third kappa shape index (κ3) is 2.68. The molecule has 2 aromatic heterocycles. The molecule has 0 aliphatic carbocycles. The summed E-state index contributed by atoms with van der Waals surface area (Å²) < 4.78 is 1.61. The van der Waals surface area contributed by atoms with Gasteiger partial charge < -0.3 is 0 Å².